The number of fused-ring (bicyclic) bond motifs is 1. The fraction of sp³-hybridized carbons (Fsp3) is 0.438. The first kappa shape index (κ1) is 16.0. The van der Waals surface area contributed by atoms with Gasteiger partial charge in [0.2, 0.25) is 10.0 Å². The highest BCUT2D eigenvalue weighted by molar-refractivity contribution is 7.88. The van der Waals surface area contributed by atoms with Gasteiger partial charge in [0, 0.05) is 30.0 Å². The molecule has 1 fully saturated rings. The standard InChI is InChI=1S/C16H21N3O3S/c1-23(21,22)17-11-13-7-4-5-9-19(13)16(20)15-10-12-6-2-3-8-14(12)18-15/h2-3,6,8,10,13,17-18H,4-5,7,9,11H2,1H3. The highest BCUT2D eigenvalue weighted by Crippen LogP contribution is 2.21. The number of hydrogen-bond donors (Lipinski definition) is 2. The maximum Gasteiger partial charge on any atom is 0.270 e. The molecule has 1 aromatic heterocycles. The summed E-state index contributed by atoms with van der Waals surface area (Å²) in [6.07, 6.45) is 3.90. The van der Waals surface area contributed by atoms with E-state index in [1.165, 1.54) is 0 Å². The summed E-state index contributed by atoms with van der Waals surface area (Å²) in [6, 6.07) is 9.51. The summed E-state index contributed by atoms with van der Waals surface area (Å²) < 4.78 is 25.2. The first-order chi connectivity index (χ1) is 10.9. The Kier molecular flexibility index (Phi) is 4.41. The zero-order valence-corrected chi connectivity index (χ0v) is 13.9. The predicted octanol–water partition coefficient (Wildman–Crippen LogP) is 1.71. The van der Waals surface area contributed by atoms with Gasteiger partial charge in [-0.1, -0.05) is 18.2 Å². The lowest BCUT2D eigenvalue weighted by Gasteiger charge is -2.35. The van der Waals surface area contributed by atoms with Crippen molar-refractivity contribution in [1.29, 1.82) is 0 Å². The molecule has 2 N–H and O–H groups in total. The van der Waals surface area contributed by atoms with Gasteiger partial charge in [0.1, 0.15) is 5.69 Å². The van der Waals surface area contributed by atoms with Crippen molar-refractivity contribution in [3.8, 4) is 0 Å². The van der Waals surface area contributed by atoms with Crippen LogP contribution in [0.15, 0.2) is 30.3 Å². The summed E-state index contributed by atoms with van der Waals surface area (Å²) in [5, 5.41) is 0.999. The Morgan fingerprint density at radius 1 is 1.35 bits per heavy atom. The molecule has 1 aromatic carbocycles. The third-order valence-corrected chi connectivity index (χ3v) is 4.92. The number of carbonyl (C=O) groups excluding carboxylic acids is 1. The van der Waals surface area contributed by atoms with Crippen molar-refractivity contribution in [2.45, 2.75) is 25.3 Å². The van der Waals surface area contributed by atoms with Gasteiger partial charge in [0.25, 0.3) is 5.91 Å². The number of aromatic amines is 1. The van der Waals surface area contributed by atoms with Crippen molar-refractivity contribution >= 4 is 26.8 Å². The molecule has 1 aliphatic heterocycles. The molecule has 0 saturated carbocycles. The Bertz CT molecular complexity index is 780. The van der Waals surface area contributed by atoms with Gasteiger partial charge in [-0.25, -0.2) is 13.1 Å². The van der Waals surface area contributed by atoms with E-state index in [4.69, 9.17) is 0 Å². The minimum absolute atomic E-state index is 0.0683. The number of likely N-dealkylation sites (tertiary alicyclic amines) is 1. The molecular weight excluding hydrogens is 314 g/mol. The average Bonchev–Trinajstić information content (AvgIpc) is 2.96. The van der Waals surface area contributed by atoms with Crippen LogP contribution in [0.1, 0.15) is 29.8 Å². The van der Waals surface area contributed by atoms with Crippen molar-refractivity contribution in [1.82, 2.24) is 14.6 Å². The molecule has 7 heteroatoms. The number of rotatable bonds is 4. The number of benzene rings is 1. The van der Waals surface area contributed by atoms with E-state index >= 15 is 0 Å². The van der Waals surface area contributed by atoms with E-state index in [2.05, 4.69) is 9.71 Å². The van der Waals surface area contributed by atoms with E-state index in [1.54, 1.807) is 4.90 Å². The second-order valence-corrected chi connectivity index (χ2v) is 7.87. The van der Waals surface area contributed by atoms with Gasteiger partial charge in [-0.15, -0.1) is 0 Å². The van der Waals surface area contributed by atoms with Gasteiger partial charge in [-0.3, -0.25) is 4.79 Å². The minimum atomic E-state index is -3.25. The molecule has 2 heterocycles. The van der Waals surface area contributed by atoms with Crippen molar-refractivity contribution in [3.63, 3.8) is 0 Å². The highest BCUT2D eigenvalue weighted by Gasteiger charge is 2.28. The Balaban J connectivity index is 1.80. The van der Waals surface area contributed by atoms with Crippen molar-refractivity contribution in [2.24, 2.45) is 0 Å². The molecule has 1 unspecified atom stereocenters. The van der Waals surface area contributed by atoms with Crippen LogP contribution < -0.4 is 4.72 Å². The van der Waals surface area contributed by atoms with Gasteiger partial charge in [0.05, 0.1) is 6.26 Å². The zero-order chi connectivity index (χ0) is 16.4. The zero-order valence-electron chi connectivity index (χ0n) is 13.1. The molecule has 23 heavy (non-hydrogen) atoms. The average molecular weight is 335 g/mol. The molecule has 0 spiro atoms. The first-order valence-electron chi connectivity index (χ1n) is 7.77. The van der Waals surface area contributed by atoms with Crippen LogP contribution in [0.3, 0.4) is 0 Å². The topological polar surface area (TPSA) is 82.3 Å². The number of nitrogens with zero attached hydrogens (tertiary/aromatic N) is 1. The monoisotopic (exact) mass is 335 g/mol. The summed E-state index contributed by atoms with van der Waals surface area (Å²) >= 11 is 0. The molecule has 1 aliphatic rings. The molecule has 0 radical (unpaired) electrons. The minimum Gasteiger partial charge on any atom is -0.351 e. The number of sulfonamides is 1. The Hall–Kier alpha value is -1.86. The number of H-pyrrole nitrogens is 1. The van der Waals surface area contributed by atoms with Crippen LogP contribution in [0.25, 0.3) is 10.9 Å². The third kappa shape index (κ3) is 3.73. The van der Waals surface area contributed by atoms with Gasteiger partial charge in [-0.05, 0) is 31.4 Å². The molecule has 0 aliphatic carbocycles. The maximum absolute atomic E-state index is 12.8. The summed E-state index contributed by atoms with van der Waals surface area (Å²) in [4.78, 5) is 17.8. The summed E-state index contributed by atoms with van der Waals surface area (Å²) in [5.74, 6) is -0.0683. The number of para-hydroxylation sites is 1. The smallest absolute Gasteiger partial charge is 0.270 e. The largest absolute Gasteiger partial charge is 0.351 e. The Morgan fingerprint density at radius 2 is 2.13 bits per heavy atom. The van der Waals surface area contributed by atoms with E-state index in [-0.39, 0.29) is 18.5 Å². The van der Waals surface area contributed by atoms with Crippen LogP contribution in [0.2, 0.25) is 0 Å². The van der Waals surface area contributed by atoms with Gasteiger partial charge in [-0.2, -0.15) is 0 Å². The highest BCUT2D eigenvalue weighted by atomic mass is 32.2. The number of amides is 1. The molecular formula is C16H21N3O3S. The van der Waals surface area contributed by atoms with Crippen LogP contribution in [0, 0.1) is 0 Å². The lowest BCUT2D eigenvalue weighted by Crippen LogP contribution is -2.49. The van der Waals surface area contributed by atoms with Gasteiger partial charge < -0.3 is 9.88 Å². The normalized spacial score (nSPS) is 19.2. The maximum atomic E-state index is 12.8. The van der Waals surface area contributed by atoms with E-state index in [0.29, 0.717) is 12.2 Å². The molecule has 6 nitrogen and oxygen atoms in total. The number of aromatic nitrogens is 1. The molecule has 124 valence electrons. The molecule has 3 rings (SSSR count). The van der Waals surface area contributed by atoms with Crippen LogP contribution in [0.5, 0.6) is 0 Å². The molecule has 1 amide bonds. The van der Waals surface area contributed by atoms with Crippen LogP contribution in [-0.2, 0) is 10.0 Å². The third-order valence-electron chi connectivity index (χ3n) is 4.23. The van der Waals surface area contributed by atoms with Crippen molar-refractivity contribution < 1.29 is 13.2 Å². The summed E-state index contributed by atoms with van der Waals surface area (Å²) in [7, 11) is -3.25. The number of nitrogens with one attached hydrogen (secondary N) is 2. The van der Waals surface area contributed by atoms with Crippen molar-refractivity contribution in [3.05, 3.63) is 36.0 Å². The van der Waals surface area contributed by atoms with E-state index in [9.17, 15) is 13.2 Å². The SMILES string of the molecule is CS(=O)(=O)NCC1CCCCN1C(=O)c1cc2ccccc2[nH]1. The fourth-order valence-corrected chi connectivity index (χ4v) is 3.57. The molecule has 1 atom stereocenters. The Morgan fingerprint density at radius 3 is 2.87 bits per heavy atom. The van der Waals surface area contributed by atoms with Crippen LogP contribution >= 0.6 is 0 Å². The second-order valence-electron chi connectivity index (χ2n) is 6.04. The lowest BCUT2D eigenvalue weighted by atomic mass is 10.0. The lowest BCUT2D eigenvalue weighted by molar-refractivity contribution is 0.0613. The predicted molar refractivity (Wildman–Crippen MR) is 89.8 cm³/mol. The molecule has 1 saturated heterocycles. The van der Waals surface area contributed by atoms with Crippen molar-refractivity contribution in [2.75, 3.05) is 19.3 Å². The van der Waals surface area contributed by atoms with Gasteiger partial charge in [0.15, 0.2) is 0 Å². The second kappa shape index (κ2) is 6.33. The number of hydrogen-bond acceptors (Lipinski definition) is 3. The number of carbonyl (C=O) groups is 1. The van der Waals surface area contributed by atoms with E-state index in [1.807, 2.05) is 30.3 Å². The van der Waals surface area contributed by atoms with E-state index < -0.39 is 10.0 Å². The Labute approximate surface area is 135 Å². The molecule has 0 bridgehead atoms. The summed E-state index contributed by atoms with van der Waals surface area (Å²) in [6.45, 7) is 0.926. The summed E-state index contributed by atoms with van der Waals surface area (Å²) in [5.41, 5.74) is 1.48. The number of piperidine rings is 1. The van der Waals surface area contributed by atoms with Crippen LogP contribution in [-0.4, -0.2) is 49.6 Å². The quantitative estimate of drug-likeness (QED) is 0.892. The van der Waals surface area contributed by atoms with Crippen LogP contribution in [0.4, 0.5) is 0 Å². The molecule has 2 aromatic rings. The van der Waals surface area contributed by atoms with E-state index in [0.717, 1.165) is 36.4 Å². The fourth-order valence-electron chi connectivity index (χ4n) is 3.07. The first-order valence-corrected chi connectivity index (χ1v) is 9.66. The van der Waals surface area contributed by atoms with Gasteiger partial charge >= 0.3 is 0 Å².